The first-order chi connectivity index (χ1) is 9.47. The van der Waals surface area contributed by atoms with Crippen molar-refractivity contribution in [3.8, 4) is 5.75 Å². The number of carboxylic acid groups (broad SMARTS) is 1. The average molecular weight is 300 g/mol. The number of hydrogen-bond acceptors (Lipinski definition) is 3. The minimum atomic E-state index is -0.826. The Morgan fingerprint density at radius 1 is 1.45 bits per heavy atom. The minimum absolute atomic E-state index is 0.0913. The number of hydrogen-bond donors (Lipinski definition) is 2. The van der Waals surface area contributed by atoms with Crippen LogP contribution in [0.3, 0.4) is 0 Å². The Balaban J connectivity index is 2.22. The van der Waals surface area contributed by atoms with Gasteiger partial charge < -0.3 is 15.2 Å². The van der Waals surface area contributed by atoms with Gasteiger partial charge in [0.2, 0.25) is 0 Å². The lowest BCUT2D eigenvalue weighted by atomic mass is 10.1. The summed E-state index contributed by atoms with van der Waals surface area (Å²) in [6.07, 6.45) is 0.640. The maximum atomic E-state index is 11.6. The van der Waals surface area contributed by atoms with E-state index in [9.17, 15) is 9.59 Å². The van der Waals surface area contributed by atoms with Gasteiger partial charge >= 0.3 is 5.97 Å². The lowest BCUT2D eigenvalue weighted by Gasteiger charge is -2.12. The molecule has 1 aromatic rings. The molecule has 0 radical (unpaired) electrons. The number of carboxylic acids is 1. The Morgan fingerprint density at radius 2 is 2.20 bits per heavy atom. The van der Waals surface area contributed by atoms with Crippen LogP contribution in [0.15, 0.2) is 24.3 Å². The van der Waals surface area contributed by atoms with E-state index < -0.39 is 5.97 Å². The molecular formula is C14H18ClNO4. The van der Waals surface area contributed by atoms with Gasteiger partial charge in [0.05, 0.1) is 0 Å². The maximum Gasteiger partial charge on any atom is 0.303 e. The van der Waals surface area contributed by atoms with Crippen LogP contribution < -0.4 is 10.1 Å². The van der Waals surface area contributed by atoms with Crippen LogP contribution in [-0.4, -0.2) is 30.1 Å². The molecule has 0 spiro atoms. The molecule has 0 saturated heterocycles. The molecule has 0 aliphatic carbocycles. The highest BCUT2D eigenvalue weighted by Gasteiger charge is 2.08. The summed E-state index contributed by atoms with van der Waals surface area (Å²) in [5, 5.41) is 11.8. The highest BCUT2D eigenvalue weighted by Crippen LogP contribution is 2.16. The number of benzene rings is 1. The maximum absolute atomic E-state index is 11.6. The molecule has 0 bridgehead atoms. The molecule has 6 heteroatoms. The smallest absolute Gasteiger partial charge is 0.303 e. The Kier molecular flexibility index (Phi) is 6.87. The van der Waals surface area contributed by atoms with Crippen LogP contribution in [0.1, 0.15) is 19.8 Å². The monoisotopic (exact) mass is 299 g/mol. The Morgan fingerprint density at radius 3 is 2.85 bits per heavy atom. The minimum Gasteiger partial charge on any atom is -0.484 e. The Labute approximate surface area is 122 Å². The van der Waals surface area contributed by atoms with Crippen molar-refractivity contribution in [2.45, 2.75) is 19.8 Å². The average Bonchev–Trinajstić information content (AvgIpc) is 2.40. The fourth-order valence-electron chi connectivity index (χ4n) is 1.52. The molecule has 0 heterocycles. The zero-order chi connectivity index (χ0) is 15.0. The van der Waals surface area contributed by atoms with Crippen molar-refractivity contribution in [1.82, 2.24) is 5.32 Å². The van der Waals surface area contributed by atoms with Gasteiger partial charge in [-0.1, -0.05) is 24.6 Å². The highest BCUT2D eigenvalue weighted by atomic mass is 35.5. The van der Waals surface area contributed by atoms with E-state index in [2.05, 4.69) is 5.32 Å². The molecule has 1 unspecified atom stereocenters. The molecular weight excluding hydrogens is 282 g/mol. The number of carbonyl (C=O) groups excluding carboxylic acids is 1. The van der Waals surface area contributed by atoms with Crippen LogP contribution >= 0.6 is 11.6 Å². The number of halogens is 1. The van der Waals surface area contributed by atoms with Crippen molar-refractivity contribution < 1.29 is 19.4 Å². The molecule has 110 valence electrons. The van der Waals surface area contributed by atoms with Gasteiger partial charge in [-0.3, -0.25) is 9.59 Å². The number of nitrogens with one attached hydrogen (secondary N) is 1. The topological polar surface area (TPSA) is 75.6 Å². The molecule has 1 atom stereocenters. The molecule has 0 aliphatic rings. The summed E-state index contributed by atoms with van der Waals surface area (Å²) >= 11 is 5.79. The molecule has 1 amide bonds. The largest absolute Gasteiger partial charge is 0.484 e. The number of aliphatic carboxylic acids is 1. The zero-order valence-corrected chi connectivity index (χ0v) is 12.0. The van der Waals surface area contributed by atoms with Crippen molar-refractivity contribution in [3.05, 3.63) is 29.3 Å². The second kappa shape index (κ2) is 8.43. The van der Waals surface area contributed by atoms with Gasteiger partial charge in [-0.05, 0) is 30.5 Å². The van der Waals surface area contributed by atoms with Gasteiger partial charge in [-0.15, -0.1) is 0 Å². The summed E-state index contributed by atoms with van der Waals surface area (Å²) in [6, 6.07) is 6.81. The van der Waals surface area contributed by atoms with Gasteiger partial charge in [0.1, 0.15) is 5.75 Å². The number of amides is 1. The van der Waals surface area contributed by atoms with Crippen LogP contribution in [0.4, 0.5) is 0 Å². The quantitative estimate of drug-likeness (QED) is 0.772. The van der Waals surface area contributed by atoms with E-state index in [-0.39, 0.29) is 24.9 Å². The van der Waals surface area contributed by atoms with Crippen molar-refractivity contribution in [1.29, 1.82) is 0 Å². The summed E-state index contributed by atoms with van der Waals surface area (Å²) in [5.41, 5.74) is 0. The van der Waals surface area contributed by atoms with Crippen LogP contribution in [0.25, 0.3) is 0 Å². The molecule has 0 fully saturated rings. The summed E-state index contributed by atoms with van der Waals surface area (Å²) in [6.45, 7) is 2.23. The fourth-order valence-corrected chi connectivity index (χ4v) is 1.70. The molecule has 20 heavy (non-hydrogen) atoms. The summed E-state index contributed by atoms with van der Waals surface area (Å²) in [4.78, 5) is 22.0. The molecule has 5 nitrogen and oxygen atoms in total. The fraction of sp³-hybridized carbons (Fsp3) is 0.429. The van der Waals surface area contributed by atoms with Crippen LogP contribution in [0.5, 0.6) is 5.75 Å². The lowest BCUT2D eigenvalue weighted by molar-refractivity contribution is -0.137. The van der Waals surface area contributed by atoms with Crippen molar-refractivity contribution in [2.75, 3.05) is 13.2 Å². The van der Waals surface area contributed by atoms with E-state index >= 15 is 0 Å². The number of carbonyl (C=O) groups is 2. The first kappa shape index (κ1) is 16.3. The predicted octanol–water partition coefficient (Wildman–Crippen LogP) is 2.34. The van der Waals surface area contributed by atoms with E-state index in [1.807, 2.05) is 6.92 Å². The Bertz CT molecular complexity index is 464. The third-order valence-electron chi connectivity index (χ3n) is 2.66. The Hall–Kier alpha value is -1.75. The molecule has 1 aromatic carbocycles. The number of ether oxygens (including phenoxy) is 1. The van der Waals surface area contributed by atoms with Crippen molar-refractivity contribution in [3.63, 3.8) is 0 Å². The molecule has 1 rings (SSSR count). The molecule has 0 aromatic heterocycles. The first-order valence-electron chi connectivity index (χ1n) is 6.34. The van der Waals surface area contributed by atoms with E-state index in [0.717, 1.165) is 0 Å². The first-order valence-corrected chi connectivity index (χ1v) is 6.72. The van der Waals surface area contributed by atoms with E-state index in [1.54, 1.807) is 24.3 Å². The third-order valence-corrected chi connectivity index (χ3v) is 2.90. The summed E-state index contributed by atoms with van der Waals surface area (Å²) < 4.78 is 5.29. The van der Waals surface area contributed by atoms with Gasteiger partial charge in [0, 0.05) is 18.0 Å². The van der Waals surface area contributed by atoms with Crippen LogP contribution in [0, 0.1) is 5.92 Å². The summed E-state index contributed by atoms with van der Waals surface area (Å²) in [5.74, 6) is -0.424. The molecule has 0 aliphatic heterocycles. The van der Waals surface area contributed by atoms with Crippen LogP contribution in [0.2, 0.25) is 5.02 Å². The predicted molar refractivity (Wildman–Crippen MR) is 76.0 cm³/mol. The van der Waals surface area contributed by atoms with Gasteiger partial charge in [0.25, 0.3) is 5.91 Å². The SMILES string of the molecule is CC(CCC(=O)O)CNC(=O)COc1cccc(Cl)c1. The van der Waals surface area contributed by atoms with Gasteiger partial charge in [0.15, 0.2) is 6.61 Å². The standard InChI is InChI=1S/C14H18ClNO4/c1-10(5-6-14(18)19)8-16-13(17)9-20-12-4-2-3-11(15)7-12/h2-4,7,10H,5-6,8-9H2,1H3,(H,16,17)(H,18,19). The molecule has 0 saturated carbocycles. The van der Waals surface area contributed by atoms with Crippen molar-refractivity contribution >= 4 is 23.5 Å². The van der Waals surface area contributed by atoms with E-state index in [0.29, 0.717) is 23.7 Å². The number of rotatable bonds is 8. The summed E-state index contributed by atoms with van der Waals surface area (Å²) in [7, 11) is 0. The van der Waals surface area contributed by atoms with Crippen molar-refractivity contribution in [2.24, 2.45) is 5.92 Å². The third kappa shape index (κ3) is 6.99. The lowest BCUT2D eigenvalue weighted by Crippen LogP contribution is -2.32. The van der Waals surface area contributed by atoms with Gasteiger partial charge in [-0.2, -0.15) is 0 Å². The second-order valence-electron chi connectivity index (χ2n) is 4.59. The van der Waals surface area contributed by atoms with E-state index in [1.165, 1.54) is 0 Å². The van der Waals surface area contributed by atoms with Crippen LogP contribution in [-0.2, 0) is 9.59 Å². The normalized spacial score (nSPS) is 11.7. The zero-order valence-electron chi connectivity index (χ0n) is 11.3. The van der Waals surface area contributed by atoms with E-state index in [4.69, 9.17) is 21.4 Å². The highest BCUT2D eigenvalue weighted by molar-refractivity contribution is 6.30. The second-order valence-corrected chi connectivity index (χ2v) is 5.02. The molecule has 2 N–H and O–H groups in total. The van der Waals surface area contributed by atoms with Gasteiger partial charge in [-0.25, -0.2) is 0 Å².